The first-order valence-corrected chi connectivity index (χ1v) is 8.17. The van der Waals surface area contributed by atoms with Crippen LogP contribution in [0.15, 0.2) is 58.5 Å². The van der Waals surface area contributed by atoms with E-state index in [1.54, 1.807) is 42.5 Å². The van der Waals surface area contributed by atoms with Crippen LogP contribution >= 0.6 is 11.8 Å². The minimum Gasteiger partial charge on any atom is -0.481 e. The molecule has 0 aliphatic carbocycles. The number of ether oxygens (including phenoxy) is 1. The van der Waals surface area contributed by atoms with Gasteiger partial charge in [-0.1, -0.05) is 24.3 Å². The summed E-state index contributed by atoms with van der Waals surface area (Å²) >= 11 is 1.06. The summed E-state index contributed by atoms with van der Waals surface area (Å²) < 4.78 is 18.6. The van der Waals surface area contributed by atoms with Gasteiger partial charge in [0.25, 0.3) is 0 Å². The zero-order valence-electron chi connectivity index (χ0n) is 13.0. The molecule has 2 aromatic rings. The summed E-state index contributed by atoms with van der Waals surface area (Å²) in [5, 5.41) is 12.4. The van der Waals surface area contributed by atoms with Gasteiger partial charge in [0.1, 0.15) is 11.6 Å². The molecule has 0 aromatic heterocycles. The lowest BCUT2D eigenvalue weighted by Gasteiger charge is -2.06. The van der Waals surface area contributed by atoms with Crippen molar-refractivity contribution >= 4 is 29.9 Å². The molecule has 1 amide bonds. The quantitative estimate of drug-likeness (QED) is 0.428. The topological polar surface area (TPSA) is 88.0 Å². The molecule has 6 nitrogen and oxygen atoms in total. The number of hydrazone groups is 1. The highest BCUT2D eigenvalue weighted by molar-refractivity contribution is 8.00. The highest BCUT2D eigenvalue weighted by atomic mass is 32.2. The van der Waals surface area contributed by atoms with Crippen molar-refractivity contribution in [2.24, 2.45) is 5.10 Å². The Morgan fingerprint density at radius 2 is 1.92 bits per heavy atom. The smallest absolute Gasteiger partial charge is 0.341 e. The molecular formula is C17H15FN2O4S. The molecule has 0 unspecified atom stereocenters. The number of hydrogen-bond acceptors (Lipinski definition) is 5. The molecule has 0 heterocycles. The molecule has 2 aromatic carbocycles. The van der Waals surface area contributed by atoms with Crippen LogP contribution in [0.1, 0.15) is 5.56 Å². The lowest BCUT2D eigenvalue weighted by molar-refractivity contribution is -0.139. The minimum absolute atomic E-state index is 0.00936. The van der Waals surface area contributed by atoms with Gasteiger partial charge in [0.15, 0.2) is 6.61 Å². The van der Waals surface area contributed by atoms with Gasteiger partial charge >= 0.3 is 5.97 Å². The Morgan fingerprint density at radius 3 is 2.68 bits per heavy atom. The van der Waals surface area contributed by atoms with Crippen LogP contribution in [0.5, 0.6) is 5.75 Å². The van der Waals surface area contributed by atoms with E-state index in [1.807, 2.05) is 0 Å². The van der Waals surface area contributed by atoms with E-state index in [0.29, 0.717) is 16.2 Å². The summed E-state index contributed by atoms with van der Waals surface area (Å²) in [6.07, 6.45) is 1.35. The second kappa shape index (κ2) is 9.43. The van der Waals surface area contributed by atoms with Crippen LogP contribution in [-0.2, 0) is 9.59 Å². The van der Waals surface area contributed by atoms with Gasteiger partial charge in [-0.2, -0.15) is 5.10 Å². The van der Waals surface area contributed by atoms with Crippen LogP contribution in [0, 0.1) is 5.82 Å². The fourth-order valence-electron chi connectivity index (χ4n) is 1.77. The number of carboxylic acid groups (broad SMARTS) is 1. The van der Waals surface area contributed by atoms with E-state index in [-0.39, 0.29) is 11.6 Å². The zero-order chi connectivity index (χ0) is 18.1. The van der Waals surface area contributed by atoms with E-state index < -0.39 is 18.5 Å². The van der Waals surface area contributed by atoms with Gasteiger partial charge in [0, 0.05) is 10.5 Å². The molecule has 0 radical (unpaired) electrons. The zero-order valence-corrected chi connectivity index (χ0v) is 13.8. The number of carboxylic acids is 1. The van der Waals surface area contributed by atoms with E-state index in [2.05, 4.69) is 10.5 Å². The van der Waals surface area contributed by atoms with Gasteiger partial charge in [-0.25, -0.2) is 14.6 Å². The van der Waals surface area contributed by atoms with Gasteiger partial charge in [0.2, 0.25) is 5.91 Å². The molecule has 2 rings (SSSR count). The molecule has 0 aliphatic heterocycles. The Kier molecular flexibility index (Phi) is 6.97. The number of rotatable bonds is 8. The molecule has 0 aliphatic rings. The fourth-order valence-corrected chi connectivity index (χ4v) is 2.50. The molecule has 0 spiro atoms. The number of para-hydroxylation sites is 1. The van der Waals surface area contributed by atoms with Crippen molar-refractivity contribution in [1.29, 1.82) is 0 Å². The summed E-state index contributed by atoms with van der Waals surface area (Å²) in [4.78, 5) is 22.7. The predicted octanol–water partition coefficient (Wildman–Crippen LogP) is 2.53. The Morgan fingerprint density at radius 1 is 1.20 bits per heavy atom. The van der Waals surface area contributed by atoms with Crippen molar-refractivity contribution in [2.75, 3.05) is 12.4 Å². The first-order chi connectivity index (χ1) is 12.1. The van der Waals surface area contributed by atoms with E-state index in [4.69, 9.17) is 9.84 Å². The highest BCUT2D eigenvalue weighted by Crippen LogP contribution is 2.20. The maximum Gasteiger partial charge on any atom is 0.341 e. The number of nitrogens with zero attached hydrogens (tertiary/aromatic N) is 1. The van der Waals surface area contributed by atoms with Crippen molar-refractivity contribution in [3.8, 4) is 5.75 Å². The number of amides is 1. The predicted molar refractivity (Wildman–Crippen MR) is 92.4 cm³/mol. The number of aliphatic carboxylic acids is 1. The largest absolute Gasteiger partial charge is 0.481 e. The number of thioether (sulfide) groups is 1. The van der Waals surface area contributed by atoms with Crippen molar-refractivity contribution in [3.05, 3.63) is 59.9 Å². The van der Waals surface area contributed by atoms with Crippen LogP contribution in [0.25, 0.3) is 0 Å². The average molecular weight is 362 g/mol. The normalized spacial score (nSPS) is 10.6. The Bertz CT molecular complexity index is 783. The summed E-state index contributed by atoms with van der Waals surface area (Å²) in [5.41, 5.74) is 2.85. The van der Waals surface area contributed by atoms with Gasteiger partial charge in [-0.05, 0) is 24.3 Å². The lowest BCUT2D eigenvalue weighted by Crippen LogP contribution is -2.19. The van der Waals surface area contributed by atoms with Crippen molar-refractivity contribution in [3.63, 3.8) is 0 Å². The van der Waals surface area contributed by atoms with Crippen molar-refractivity contribution in [2.45, 2.75) is 4.90 Å². The molecular weight excluding hydrogens is 347 g/mol. The van der Waals surface area contributed by atoms with Gasteiger partial charge in [-0.3, -0.25) is 4.79 Å². The van der Waals surface area contributed by atoms with Crippen LogP contribution in [0.2, 0.25) is 0 Å². The van der Waals surface area contributed by atoms with Crippen LogP contribution in [-0.4, -0.2) is 35.6 Å². The Hall–Kier alpha value is -2.87. The summed E-state index contributed by atoms with van der Waals surface area (Å²) in [6, 6.07) is 12.9. The SMILES string of the molecule is O=C(O)COc1ccccc1/C=N\NC(=O)CSc1ccccc1F. The van der Waals surface area contributed by atoms with E-state index >= 15 is 0 Å². The number of halogens is 1. The van der Waals surface area contributed by atoms with Gasteiger partial charge < -0.3 is 9.84 Å². The maximum absolute atomic E-state index is 13.4. The minimum atomic E-state index is -1.09. The van der Waals surface area contributed by atoms with Gasteiger partial charge in [0.05, 0.1) is 12.0 Å². The monoisotopic (exact) mass is 362 g/mol. The average Bonchev–Trinajstić information content (AvgIpc) is 2.60. The fraction of sp³-hybridized carbons (Fsp3) is 0.118. The molecule has 25 heavy (non-hydrogen) atoms. The lowest BCUT2D eigenvalue weighted by atomic mass is 10.2. The third-order valence-electron chi connectivity index (χ3n) is 2.86. The summed E-state index contributed by atoms with van der Waals surface area (Å²) in [6.45, 7) is -0.476. The highest BCUT2D eigenvalue weighted by Gasteiger charge is 2.06. The van der Waals surface area contributed by atoms with E-state index in [9.17, 15) is 14.0 Å². The Balaban J connectivity index is 1.87. The number of benzene rings is 2. The first kappa shape index (κ1) is 18.5. The molecule has 0 saturated carbocycles. The van der Waals surface area contributed by atoms with E-state index in [0.717, 1.165) is 11.8 Å². The second-order valence-corrected chi connectivity index (χ2v) is 5.75. The number of carbonyl (C=O) groups is 2. The molecule has 130 valence electrons. The van der Waals surface area contributed by atoms with E-state index in [1.165, 1.54) is 12.3 Å². The Labute approximate surface area is 147 Å². The van der Waals surface area contributed by atoms with Crippen molar-refractivity contribution in [1.82, 2.24) is 5.43 Å². The standard InChI is InChI=1S/C17H15FN2O4S/c18-13-6-2-4-8-15(13)25-11-16(21)20-19-9-12-5-1-3-7-14(12)24-10-17(22)23/h1-9H,10-11H2,(H,20,21)(H,22,23)/b19-9-. The maximum atomic E-state index is 13.4. The second-order valence-electron chi connectivity index (χ2n) is 4.73. The molecule has 2 N–H and O–H groups in total. The summed E-state index contributed by atoms with van der Waals surface area (Å²) in [7, 11) is 0. The summed E-state index contributed by atoms with van der Waals surface area (Å²) in [5.74, 6) is -1.52. The van der Waals surface area contributed by atoms with Crippen LogP contribution in [0.3, 0.4) is 0 Å². The molecule has 0 atom stereocenters. The molecule has 0 fully saturated rings. The molecule has 0 saturated heterocycles. The van der Waals surface area contributed by atoms with Gasteiger partial charge in [-0.15, -0.1) is 11.8 Å². The number of nitrogens with one attached hydrogen (secondary N) is 1. The van der Waals surface area contributed by atoms with Crippen LogP contribution < -0.4 is 10.2 Å². The molecule has 0 bridgehead atoms. The first-order valence-electron chi connectivity index (χ1n) is 7.19. The number of carbonyl (C=O) groups excluding carboxylic acids is 1. The third-order valence-corrected chi connectivity index (χ3v) is 3.91. The number of hydrogen-bond donors (Lipinski definition) is 2. The molecule has 8 heteroatoms. The van der Waals surface area contributed by atoms with Crippen molar-refractivity contribution < 1.29 is 23.8 Å². The van der Waals surface area contributed by atoms with Crippen LogP contribution in [0.4, 0.5) is 4.39 Å². The third kappa shape index (κ3) is 6.27.